The second kappa shape index (κ2) is 13.5. The van der Waals surface area contributed by atoms with E-state index < -0.39 is 28.6 Å². The van der Waals surface area contributed by atoms with Crippen molar-refractivity contribution in [1.82, 2.24) is 14.8 Å². The van der Waals surface area contributed by atoms with Gasteiger partial charge in [0.15, 0.2) is 22.5 Å². The van der Waals surface area contributed by atoms with Crippen molar-refractivity contribution in [1.29, 1.82) is 0 Å². The molecule has 0 saturated heterocycles. The summed E-state index contributed by atoms with van der Waals surface area (Å²) in [5.74, 6) is -0.898. The number of benzene rings is 3. The molecule has 240 valence electrons. The van der Waals surface area contributed by atoms with Crippen LogP contribution in [0.4, 0.5) is 8.78 Å². The number of nitrogens with zero attached hydrogens (tertiary/aromatic N) is 3. The standard InChI is InChI=1S/C32H28F2N4O5S2.H2O/c1-42-21-12-20(13-22(15-21)43-2)23-14-19(6-7-25(23)33)30-24(9-18-5-8-29(45(35)41)26(34)10-18)28(11-17-3-4-17)38(37-30)32-36-27(16-44-32)31(39)40;/h5-8,10,12-17H,3-4,9,11H2,1-2H3,(H2,35,41)(H,39,40);1H2. The van der Waals surface area contributed by atoms with Crippen LogP contribution in [0.3, 0.4) is 0 Å². The maximum Gasteiger partial charge on any atom is 0.355 e. The number of rotatable bonds is 11. The Hall–Kier alpha value is -4.50. The van der Waals surface area contributed by atoms with Crippen LogP contribution in [-0.4, -0.2) is 45.5 Å². The Balaban J connectivity index is 0.00000417. The smallest absolute Gasteiger partial charge is 0.355 e. The molecule has 1 fully saturated rings. The number of aromatic carboxylic acids is 1. The molecule has 1 atom stereocenters. The fraction of sp³-hybridized carbons (Fsp3) is 0.219. The third-order valence-electron chi connectivity index (χ3n) is 7.69. The molecule has 5 aromatic rings. The minimum absolute atomic E-state index is 0. The summed E-state index contributed by atoms with van der Waals surface area (Å²) in [5, 5.41) is 21.8. The summed E-state index contributed by atoms with van der Waals surface area (Å²) in [4.78, 5) is 15.9. The second-order valence-corrected chi connectivity index (χ2v) is 12.7. The van der Waals surface area contributed by atoms with E-state index in [1.54, 1.807) is 41.1 Å². The number of halogens is 2. The van der Waals surface area contributed by atoms with E-state index in [9.17, 15) is 18.5 Å². The monoisotopic (exact) mass is 668 g/mol. The van der Waals surface area contributed by atoms with Crippen LogP contribution in [0.2, 0.25) is 0 Å². The number of thiazole rings is 1. The highest BCUT2D eigenvalue weighted by atomic mass is 32.2. The van der Waals surface area contributed by atoms with E-state index in [1.165, 1.54) is 37.8 Å². The molecule has 10 nitrogen and oxygen atoms in total. The van der Waals surface area contributed by atoms with Crippen molar-refractivity contribution in [2.75, 3.05) is 14.2 Å². The van der Waals surface area contributed by atoms with Gasteiger partial charge in [-0.2, -0.15) is 5.10 Å². The van der Waals surface area contributed by atoms with Gasteiger partial charge in [0.05, 0.1) is 25.6 Å². The zero-order valence-corrected chi connectivity index (χ0v) is 26.4. The molecule has 6 rings (SSSR count). The fourth-order valence-electron chi connectivity index (χ4n) is 5.23. The van der Waals surface area contributed by atoms with Crippen LogP contribution in [-0.2, 0) is 28.0 Å². The van der Waals surface area contributed by atoms with Gasteiger partial charge in [-0.15, -0.1) is 16.5 Å². The first kappa shape index (κ1) is 32.9. The van der Waals surface area contributed by atoms with Gasteiger partial charge in [0.2, 0.25) is 10.0 Å². The molecular weight excluding hydrogens is 639 g/mol. The van der Waals surface area contributed by atoms with Crippen molar-refractivity contribution >= 4 is 28.3 Å². The lowest BCUT2D eigenvalue weighted by atomic mass is 9.94. The summed E-state index contributed by atoms with van der Waals surface area (Å²) >= 11 is 1.15. The van der Waals surface area contributed by atoms with Gasteiger partial charge in [0.25, 0.3) is 0 Å². The predicted molar refractivity (Wildman–Crippen MR) is 170 cm³/mol. The van der Waals surface area contributed by atoms with Gasteiger partial charge >= 0.3 is 5.97 Å². The summed E-state index contributed by atoms with van der Waals surface area (Å²) < 4.78 is 54.5. The summed E-state index contributed by atoms with van der Waals surface area (Å²) in [7, 11) is 0.674. The van der Waals surface area contributed by atoms with Gasteiger partial charge in [-0.3, -0.25) is 0 Å². The van der Waals surface area contributed by atoms with Gasteiger partial charge in [-0.1, -0.05) is 10.3 Å². The topological polar surface area (TPSA) is 160 Å². The highest BCUT2D eigenvalue weighted by molar-refractivity contribution is 7.82. The number of ether oxygens (including phenoxy) is 2. The Morgan fingerprint density at radius 1 is 1.04 bits per heavy atom. The minimum atomic E-state index is -2.36. The first-order valence-electron chi connectivity index (χ1n) is 14.0. The van der Waals surface area contributed by atoms with E-state index in [-0.39, 0.29) is 22.5 Å². The van der Waals surface area contributed by atoms with Crippen LogP contribution in [0.1, 0.15) is 40.2 Å². The first-order chi connectivity index (χ1) is 21.6. The second-order valence-electron chi connectivity index (χ2n) is 10.7. The predicted octanol–water partition coefficient (Wildman–Crippen LogP) is 5.95. The average Bonchev–Trinajstić information content (AvgIpc) is 3.58. The van der Waals surface area contributed by atoms with E-state index in [0.29, 0.717) is 56.9 Å². The maximum atomic E-state index is 15.4. The van der Waals surface area contributed by atoms with Crippen LogP contribution >= 0.6 is 11.3 Å². The molecule has 0 spiro atoms. The third-order valence-corrected chi connectivity index (χ3v) is 9.35. The lowest BCUT2D eigenvalue weighted by molar-refractivity contribution is 0.0691. The number of methoxy groups -OCH3 is 2. The zero-order chi connectivity index (χ0) is 31.8. The Morgan fingerprint density at radius 3 is 2.35 bits per heavy atom. The lowest BCUT2D eigenvalue weighted by Gasteiger charge is -2.12. The average molecular weight is 669 g/mol. The quantitative estimate of drug-likeness (QED) is 0.129. The Labute approximate surface area is 269 Å². The summed E-state index contributed by atoms with van der Waals surface area (Å²) in [5.41, 5.74) is 4.00. The first-order valence-corrected chi connectivity index (χ1v) is 16.2. The van der Waals surface area contributed by atoms with Crippen molar-refractivity contribution < 1.29 is 37.8 Å². The van der Waals surface area contributed by atoms with Crippen LogP contribution < -0.4 is 14.6 Å². The molecule has 3 aromatic carbocycles. The number of carboxylic acid groups (broad SMARTS) is 1. The molecule has 0 radical (unpaired) electrons. The molecule has 1 aliphatic carbocycles. The summed E-state index contributed by atoms with van der Waals surface area (Å²) in [6.07, 6.45) is 2.94. The Bertz CT molecular complexity index is 1930. The summed E-state index contributed by atoms with van der Waals surface area (Å²) in [6.45, 7) is 0. The zero-order valence-electron chi connectivity index (χ0n) is 24.7. The number of hydrogen-bond donors (Lipinski definition) is 2. The number of carboxylic acids is 1. The molecule has 0 amide bonds. The third kappa shape index (κ3) is 6.70. The molecular formula is C32H30F2N4O6S2. The van der Waals surface area contributed by atoms with Crippen molar-refractivity contribution in [3.63, 3.8) is 0 Å². The SMILES string of the molecule is COc1cc(OC)cc(-c2cc(-c3nn(-c4nc(C(=O)O)cs4)c(CC4CC4)c3Cc3ccc([SH+](N)=O)c(F)c3)ccc2F)c1.[OH-]. The summed E-state index contributed by atoms with van der Waals surface area (Å²) in [6, 6.07) is 14.2. The molecule has 1 unspecified atom stereocenters. The van der Waals surface area contributed by atoms with Gasteiger partial charge in [0.1, 0.15) is 17.3 Å². The maximum absolute atomic E-state index is 15.4. The molecule has 4 N–H and O–H groups in total. The van der Waals surface area contributed by atoms with Crippen LogP contribution in [0.5, 0.6) is 11.5 Å². The van der Waals surface area contributed by atoms with Gasteiger partial charge in [-0.05, 0) is 78.8 Å². The molecule has 46 heavy (non-hydrogen) atoms. The van der Waals surface area contributed by atoms with Crippen LogP contribution in [0.25, 0.3) is 27.5 Å². The van der Waals surface area contributed by atoms with E-state index in [0.717, 1.165) is 35.4 Å². The van der Waals surface area contributed by atoms with Crippen molar-refractivity contribution in [3.05, 3.63) is 94.1 Å². The Kier molecular flexibility index (Phi) is 9.63. The number of carbonyl (C=O) groups is 1. The molecule has 0 aliphatic heterocycles. The molecule has 2 aromatic heterocycles. The van der Waals surface area contributed by atoms with Gasteiger partial charge in [-0.25, -0.2) is 23.2 Å². The molecule has 1 aliphatic rings. The molecule has 14 heteroatoms. The Morgan fingerprint density at radius 2 is 1.76 bits per heavy atom. The van der Waals surface area contributed by atoms with Crippen molar-refractivity contribution in [2.24, 2.45) is 11.1 Å². The highest BCUT2D eigenvalue weighted by Crippen LogP contribution is 2.40. The van der Waals surface area contributed by atoms with E-state index >= 15 is 4.39 Å². The molecule has 0 bridgehead atoms. The van der Waals surface area contributed by atoms with Crippen LogP contribution in [0, 0.1) is 17.6 Å². The van der Waals surface area contributed by atoms with Gasteiger partial charge in [0, 0.05) is 34.6 Å². The van der Waals surface area contributed by atoms with E-state index in [4.69, 9.17) is 19.7 Å². The molecule has 2 heterocycles. The van der Waals surface area contributed by atoms with Gasteiger partial charge < -0.3 is 20.1 Å². The fourth-order valence-corrected chi connectivity index (χ4v) is 6.50. The van der Waals surface area contributed by atoms with Crippen LogP contribution in [0.15, 0.2) is 64.9 Å². The van der Waals surface area contributed by atoms with E-state index in [1.807, 2.05) is 0 Å². The number of nitrogens with two attached hydrogens (primary N) is 1. The normalized spacial score (nSPS) is 13.2. The minimum Gasteiger partial charge on any atom is -0.870 e. The largest absolute Gasteiger partial charge is 0.870 e. The molecule has 1 saturated carbocycles. The van der Waals surface area contributed by atoms with Crippen molar-refractivity contribution in [2.45, 2.75) is 30.6 Å². The number of thiol groups is 1. The van der Waals surface area contributed by atoms with Crippen molar-refractivity contribution in [3.8, 4) is 39.0 Å². The number of hydrogen-bond acceptors (Lipinski definition) is 8. The lowest BCUT2D eigenvalue weighted by Crippen LogP contribution is -2.07. The number of aromatic nitrogens is 3. The highest BCUT2D eigenvalue weighted by Gasteiger charge is 2.30. The van der Waals surface area contributed by atoms with E-state index in [2.05, 4.69) is 4.98 Å².